The average Bonchev–Trinajstić information content (AvgIpc) is 3.19. The maximum Gasteiger partial charge on any atom is 0.264 e. The number of H-pyrrole nitrogens is 1. The molecule has 1 atom stereocenters. The maximum atomic E-state index is 12.3. The second-order valence-electron chi connectivity index (χ2n) is 4.12. The van der Waals surface area contributed by atoms with E-state index in [1.807, 2.05) is 12.3 Å². The van der Waals surface area contributed by atoms with Crippen molar-refractivity contribution < 1.29 is 4.79 Å². The van der Waals surface area contributed by atoms with Crippen LogP contribution in [0.25, 0.3) is 5.69 Å². The van der Waals surface area contributed by atoms with Gasteiger partial charge in [0.25, 0.3) is 5.91 Å². The fraction of sp³-hybridized carbons (Fsp3) is 0.182. The number of nitrogens with one attached hydrogen (secondary N) is 2. The summed E-state index contributed by atoms with van der Waals surface area (Å²) in [6.07, 6.45) is 4.89. The Balaban J connectivity index is 1.80. The van der Waals surface area contributed by atoms with E-state index in [9.17, 15) is 4.79 Å². The first kappa shape index (κ1) is 12.5. The summed E-state index contributed by atoms with van der Waals surface area (Å²) in [6.45, 7) is 1.90. The van der Waals surface area contributed by atoms with Crippen LogP contribution in [-0.4, -0.2) is 36.3 Å². The lowest BCUT2D eigenvalue weighted by Crippen LogP contribution is -2.26. The summed E-state index contributed by atoms with van der Waals surface area (Å²) in [5.74, 6) is -0.167. The van der Waals surface area contributed by atoms with Gasteiger partial charge >= 0.3 is 0 Å². The van der Waals surface area contributed by atoms with Crippen LogP contribution in [0.3, 0.4) is 0 Å². The van der Waals surface area contributed by atoms with Gasteiger partial charge in [-0.3, -0.25) is 9.89 Å². The summed E-state index contributed by atoms with van der Waals surface area (Å²) in [4.78, 5) is 12.9. The molecule has 0 spiro atoms. The third-order valence-corrected chi connectivity index (χ3v) is 3.72. The molecular weight excluding hydrogens is 278 g/mol. The number of amides is 1. The molecule has 0 saturated heterocycles. The third-order valence-electron chi connectivity index (χ3n) is 2.81. The zero-order valence-corrected chi connectivity index (χ0v) is 11.3. The SMILES string of the molecule is CC(NC(=O)c1sccc1-n1cnnn1)c1cn[nH]c1. The molecule has 0 aromatic carbocycles. The summed E-state index contributed by atoms with van der Waals surface area (Å²) in [6, 6.07) is 1.67. The van der Waals surface area contributed by atoms with E-state index in [1.165, 1.54) is 22.3 Å². The summed E-state index contributed by atoms with van der Waals surface area (Å²) in [7, 11) is 0. The third kappa shape index (κ3) is 2.30. The van der Waals surface area contributed by atoms with E-state index in [-0.39, 0.29) is 11.9 Å². The van der Waals surface area contributed by atoms with Crippen LogP contribution >= 0.6 is 11.3 Å². The monoisotopic (exact) mass is 289 g/mol. The highest BCUT2D eigenvalue weighted by molar-refractivity contribution is 7.12. The molecule has 1 unspecified atom stereocenters. The van der Waals surface area contributed by atoms with Gasteiger partial charge < -0.3 is 5.32 Å². The van der Waals surface area contributed by atoms with Crippen molar-refractivity contribution in [2.24, 2.45) is 0 Å². The number of tetrazole rings is 1. The summed E-state index contributed by atoms with van der Waals surface area (Å²) < 4.78 is 1.47. The molecule has 0 aliphatic rings. The predicted molar refractivity (Wildman–Crippen MR) is 71.5 cm³/mol. The van der Waals surface area contributed by atoms with E-state index < -0.39 is 0 Å². The Morgan fingerprint density at radius 3 is 3.15 bits per heavy atom. The number of hydrogen-bond donors (Lipinski definition) is 2. The molecule has 1 amide bonds. The lowest BCUT2D eigenvalue weighted by molar-refractivity contribution is 0.0944. The highest BCUT2D eigenvalue weighted by atomic mass is 32.1. The van der Waals surface area contributed by atoms with Gasteiger partial charge in [-0.1, -0.05) is 0 Å². The Morgan fingerprint density at radius 2 is 2.45 bits per heavy atom. The first-order valence-corrected chi connectivity index (χ1v) is 6.74. The Kier molecular flexibility index (Phi) is 3.25. The Labute approximate surface area is 117 Å². The number of thiophene rings is 1. The van der Waals surface area contributed by atoms with E-state index in [0.717, 1.165) is 5.56 Å². The van der Waals surface area contributed by atoms with Crippen LogP contribution in [0.15, 0.2) is 30.2 Å². The Bertz CT molecular complexity index is 688. The fourth-order valence-corrected chi connectivity index (χ4v) is 2.55. The van der Waals surface area contributed by atoms with E-state index in [1.54, 1.807) is 18.5 Å². The zero-order valence-electron chi connectivity index (χ0n) is 10.5. The van der Waals surface area contributed by atoms with Crippen molar-refractivity contribution in [1.29, 1.82) is 0 Å². The molecule has 0 radical (unpaired) electrons. The summed E-state index contributed by atoms with van der Waals surface area (Å²) in [5, 5.41) is 22.3. The molecule has 0 fully saturated rings. The first-order chi connectivity index (χ1) is 9.75. The van der Waals surface area contributed by atoms with Crippen molar-refractivity contribution >= 4 is 17.2 Å². The van der Waals surface area contributed by atoms with Crippen molar-refractivity contribution in [3.63, 3.8) is 0 Å². The fourth-order valence-electron chi connectivity index (χ4n) is 1.77. The molecule has 3 rings (SSSR count). The lowest BCUT2D eigenvalue weighted by Gasteiger charge is -2.11. The molecular formula is C11H11N7OS. The number of carbonyl (C=O) groups is 1. The van der Waals surface area contributed by atoms with Gasteiger partial charge in [0.15, 0.2) is 0 Å². The molecule has 9 heteroatoms. The van der Waals surface area contributed by atoms with Crippen LogP contribution in [0.4, 0.5) is 0 Å². The quantitative estimate of drug-likeness (QED) is 0.744. The molecule has 0 aliphatic heterocycles. The maximum absolute atomic E-state index is 12.3. The molecule has 2 N–H and O–H groups in total. The number of hydrogen-bond acceptors (Lipinski definition) is 6. The van der Waals surface area contributed by atoms with Crippen LogP contribution < -0.4 is 5.32 Å². The van der Waals surface area contributed by atoms with E-state index >= 15 is 0 Å². The molecule has 3 aromatic heterocycles. The normalized spacial score (nSPS) is 12.2. The molecule has 0 saturated carbocycles. The second-order valence-corrected chi connectivity index (χ2v) is 5.03. The van der Waals surface area contributed by atoms with Crippen molar-refractivity contribution in [2.75, 3.05) is 0 Å². The second kappa shape index (κ2) is 5.21. The average molecular weight is 289 g/mol. The molecule has 3 aromatic rings. The number of carbonyl (C=O) groups excluding carboxylic acids is 1. The van der Waals surface area contributed by atoms with Crippen LogP contribution in [0.1, 0.15) is 28.2 Å². The first-order valence-electron chi connectivity index (χ1n) is 5.86. The number of nitrogens with zero attached hydrogens (tertiary/aromatic N) is 5. The molecule has 3 heterocycles. The van der Waals surface area contributed by atoms with Crippen molar-refractivity contribution in [3.8, 4) is 5.69 Å². The van der Waals surface area contributed by atoms with Gasteiger partial charge in [0.2, 0.25) is 0 Å². The largest absolute Gasteiger partial charge is 0.345 e. The van der Waals surface area contributed by atoms with E-state index in [4.69, 9.17) is 0 Å². The minimum absolute atomic E-state index is 0.134. The summed E-state index contributed by atoms with van der Waals surface area (Å²) >= 11 is 1.34. The number of rotatable bonds is 4. The lowest BCUT2D eigenvalue weighted by atomic mass is 10.2. The molecule has 20 heavy (non-hydrogen) atoms. The number of aromatic nitrogens is 6. The highest BCUT2D eigenvalue weighted by Crippen LogP contribution is 2.21. The van der Waals surface area contributed by atoms with E-state index in [2.05, 4.69) is 31.0 Å². The van der Waals surface area contributed by atoms with Crippen LogP contribution in [0.2, 0.25) is 0 Å². The molecule has 0 aliphatic carbocycles. The van der Waals surface area contributed by atoms with Crippen LogP contribution in [-0.2, 0) is 0 Å². The Morgan fingerprint density at radius 1 is 1.55 bits per heavy atom. The van der Waals surface area contributed by atoms with Gasteiger partial charge in [-0.2, -0.15) is 9.78 Å². The summed E-state index contributed by atoms with van der Waals surface area (Å²) in [5.41, 5.74) is 1.58. The van der Waals surface area contributed by atoms with Crippen molar-refractivity contribution in [2.45, 2.75) is 13.0 Å². The van der Waals surface area contributed by atoms with Crippen LogP contribution in [0, 0.1) is 0 Å². The van der Waals surface area contributed by atoms with Gasteiger partial charge in [0, 0.05) is 11.8 Å². The standard InChI is InChI=1S/C11H11N7OS/c1-7(8-4-12-13-5-8)15-11(19)10-9(2-3-20-10)18-6-14-16-17-18/h2-7H,1H3,(H,12,13)(H,15,19). The smallest absolute Gasteiger partial charge is 0.264 e. The minimum Gasteiger partial charge on any atom is -0.345 e. The number of aromatic amines is 1. The van der Waals surface area contributed by atoms with Crippen molar-refractivity contribution in [3.05, 3.63) is 40.6 Å². The van der Waals surface area contributed by atoms with Gasteiger partial charge in [-0.15, -0.1) is 16.4 Å². The molecule has 0 bridgehead atoms. The topological polar surface area (TPSA) is 101 Å². The van der Waals surface area contributed by atoms with Gasteiger partial charge in [-0.05, 0) is 28.8 Å². The van der Waals surface area contributed by atoms with Gasteiger partial charge in [0.05, 0.1) is 17.9 Å². The van der Waals surface area contributed by atoms with E-state index in [0.29, 0.717) is 10.6 Å². The zero-order chi connectivity index (χ0) is 13.9. The molecule has 8 nitrogen and oxygen atoms in total. The Hall–Kier alpha value is -2.55. The predicted octanol–water partition coefficient (Wildman–Crippen LogP) is 0.938. The van der Waals surface area contributed by atoms with Crippen molar-refractivity contribution in [1.82, 2.24) is 35.7 Å². The molecule has 102 valence electrons. The minimum atomic E-state index is -0.167. The van der Waals surface area contributed by atoms with Gasteiger partial charge in [0.1, 0.15) is 11.2 Å². The van der Waals surface area contributed by atoms with Gasteiger partial charge in [-0.25, -0.2) is 0 Å². The highest BCUT2D eigenvalue weighted by Gasteiger charge is 2.18. The van der Waals surface area contributed by atoms with Crippen LogP contribution in [0.5, 0.6) is 0 Å².